The third kappa shape index (κ3) is 4.08. The zero-order chi connectivity index (χ0) is 12.1. The summed E-state index contributed by atoms with van der Waals surface area (Å²) in [5.74, 6) is -0.596. The molecule has 17 heavy (non-hydrogen) atoms. The van der Waals surface area contributed by atoms with Crippen molar-refractivity contribution in [2.45, 2.75) is 0 Å². The number of esters is 1. The number of hydrogen-bond acceptors (Lipinski definition) is 4. The maximum Gasteiger partial charge on any atom is 0.354 e. The van der Waals surface area contributed by atoms with Crippen molar-refractivity contribution in [2.24, 2.45) is 7.05 Å². The first-order valence-electron chi connectivity index (χ1n) is 4.77. The smallest absolute Gasteiger partial charge is 0.354 e. The first-order chi connectivity index (χ1) is 7.58. The highest BCUT2D eigenvalue weighted by atomic mass is 35.5. The molecule has 7 heteroatoms. The molecule has 1 amide bonds. The first-order valence-corrected chi connectivity index (χ1v) is 4.77. The summed E-state index contributed by atoms with van der Waals surface area (Å²) in [7, 11) is 4.71. The molecular weight excluding hydrogens is 246 g/mol. The van der Waals surface area contributed by atoms with E-state index in [4.69, 9.17) is 0 Å². The largest absolute Gasteiger partial charge is 0.464 e. The van der Waals surface area contributed by atoms with Crippen LogP contribution in [0.3, 0.4) is 0 Å². The van der Waals surface area contributed by atoms with Gasteiger partial charge in [0.1, 0.15) is 5.69 Å². The third-order valence-corrected chi connectivity index (χ3v) is 2.02. The van der Waals surface area contributed by atoms with Crippen LogP contribution in [0.5, 0.6) is 0 Å². The van der Waals surface area contributed by atoms with Crippen molar-refractivity contribution in [1.82, 2.24) is 9.88 Å². The van der Waals surface area contributed by atoms with Gasteiger partial charge in [-0.25, -0.2) is 4.79 Å². The summed E-state index contributed by atoms with van der Waals surface area (Å²) in [5, 5.41) is 5.39. The first kappa shape index (κ1) is 15.5. The number of likely N-dealkylation sites (N-methyl/N-ethyl adjacent to an activating group) is 1. The summed E-state index contributed by atoms with van der Waals surface area (Å²) in [5.41, 5.74) is 0.963. The van der Waals surface area contributed by atoms with Gasteiger partial charge >= 0.3 is 5.97 Å². The fourth-order valence-corrected chi connectivity index (χ4v) is 1.31. The molecule has 0 saturated heterocycles. The van der Waals surface area contributed by atoms with Gasteiger partial charge in [0.05, 0.1) is 19.3 Å². The van der Waals surface area contributed by atoms with E-state index >= 15 is 0 Å². The van der Waals surface area contributed by atoms with Gasteiger partial charge < -0.3 is 19.9 Å². The predicted octanol–water partition coefficient (Wildman–Crippen LogP) is 0.391. The quantitative estimate of drug-likeness (QED) is 0.770. The lowest BCUT2D eigenvalue weighted by molar-refractivity contribution is -0.115. The number of amides is 1. The predicted molar refractivity (Wildman–Crippen MR) is 66.6 cm³/mol. The molecule has 96 valence electrons. The van der Waals surface area contributed by atoms with E-state index in [0.717, 1.165) is 0 Å². The molecule has 0 saturated carbocycles. The number of methoxy groups -OCH3 is 1. The maximum atomic E-state index is 11.3. The molecule has 0 aliphatic heterocycles. The van der Waals surface area contributed by atoms with Crippen LogP contribution in [0.1, 0.15) is 10.5 Å². The van der Waals surface area contributed by atoms with Crippen LogP contribution in [0.2, 0.25) is 0 Å². The van der Waals surface area contributed by atoms with Crippen LogP contribution in [0, 0.1) is 0 Å². The Labute approximate surface area is 106 Å². The molecule has 0 atom stereocenters. The Morgan fingerprint density at radius 3 is 2.65 bits per heavy atom. The Kier molecular flexibility index (Phi) is 6.30. The molecule has 1 aromatic rings. The van der Waals surface area contributed by atoms with Crippen LogP contribution < -0.4 is 10.6 Å². The summed E-state index contributed by atoms with van der Waals surface area (Å²) in [6.45, 7) is 0.225. The van der Waals surface area contributed by atoms with Crippen molar-refractivity contribution >= 4 is 30.0 Å². The number of nitrogens with one attached hydrogen (secondary N) is 2. The van der Waals surface area contributed by atoms with Gasteiger partial charge in [-0.2, -0.15) is 0 Å². The number of halogens is 1. The Balaban J connectivity index is 0.00000256. The van der Waals surface area contributed by atoms with E-state index in [0.29, 0.717) is 11.4 Å². The van der Waals surface area contributed by atoms with Gasteiger partial charge in [0.15, 0.2) is 0 Å². The molecule has 0 radical (unpaired) electrons. The van der Waals surface area contributed by atoms with Gasteiger partial charge in [-0.15, -0.1) is 12.4 Å². The number of aromatic nitrogens is 1. The Hall–Kier alpha value is -1.53. The van der Waals surface area contributed by atoms with Crippen LogP contribution in [0.4, 0.5) is 5.69 Å². The number of ether oxygens (including phenoxy) is 1. The van der Waals surface area contributed by atoms with E-state index in [9.17, 15) is 9.59 Å². The van der Waals surface area contributed by atoms with E-state index in [1.165, 1.54) is 7.11 Å². The minimum absolute atomic E-state index is 0. The van der Waals surface area contributed by atoms with Gasteiger partial charge in [-0.3, -0.25) is 4.79 Å². The van der Waals surface area contributed by atoms with Crippen molar-refractivity contribution in [2.75, 3.05) is 26.0 Å². The average Bonchev–Trinajstić information content (AvgIpc) is 2.58. The molecule has 0 fully saturated rings. The Morgan fingerprint density at radius 2 is 2.12 bits per heavy atom. The van der Waals surface area contributed by atoms with E-state index < -0.39 is 5.97 Å². The summed E-state index contributed by atoms with van der Waals surface area (Å²) in [4.78, 5) is 22.6. The number of rotatable bonds is 4. The van der Waals surface area contributed by atoms with Gasteiger partial charge in [0.2, 0.25) is 5.91 Å². The molecule has 1 heterocycles. The normalized spacial score (nSPS) is 9.35. The van der Waals surface area contributed by atoms with Gasteiger partial charge in [-0.05, 0) is 13.1 Å². The number of anilines is 1. The number of hydrogen-bond donors (Lipinski definition) is 2. The van der Waals surface area contributed by atoms with Crippen molar-refractivity contribution in [3.8, 4) is 0 Å². The maximum absolute atomic E-state index is 11.3. The van der Waals surface area contributed by atoms with Gasteiger partial charge in [0.25, 0.3) is 0 Å². The third-order valence-electron chi connectivity index (χ3n) is 2.02. The number of aryl methyl sites for hydroxylation is 1. The highest BCUT2D eigenvalue weighted by molar-refractivity contribution is 5.95. The number of nitrogens with zero attached hydrogens (tertiary/aromatic N) is 1. The van der Waals surface area contributed by atoms with E-state index in [2.05, 4.69) is 15.4 Å². The molecule has 0 unspecified atom stereocenters. The van der Waals surface area contributed by atoms with Crippen LogP contribution >= 0.6 is 12.4 Å². The molecule has 0 aliphatic rings. The zero-order valence-corrected chi connectivity index (χ0v) is 10.8. The molecule has 2 N–H and O–H groups in total. The van der Waals surface area contributed by atoms with E-state index in [-0.39, 0.29) is 24.9 Å². The van der Waals surface area contributed by atoms with Crippen molar-refractivity contribution in [3.63, 3.8) is 0 Å². The Morgan fingerprint density at radius 1 is 1.47 bits per heavy atom. The molecule has 1 aromatic heterocycles. The second kappa shape index (κ2) is 6.93. The molecular formula is C10H16ClN3O3. The molecule has 0 spiro atoms. The highest BCUT2D eigenvalue weighted by Crippen LogP contribution is 2.13. The monoisotopic (exact) mass is 261 g/mol. The summed E-state index contributed by atoms with van der Waals surface area (Å²) in [6.07, 6.45) is 1.65. The van der Waals surface area contributed by atoms with Crippen molar-refractivity contribution in [3.05, 3.63) is 18.0 Å². The van der Waals surface area contributed by atoms with Crippen LogP contribution in [0.25, 0.3) is 0 Å². The van der Waals surface area contributed by atoms with E-state index in [1.807, 2.05) is 0 Å². The lowest BCUT2D eigenvalue weighted by Gasteiger charge is -2.00. The number of carbonyl (C=O) groups excluding carboxylic acids is 2. The lowest BCUT2D eigenvalue weighted by Crippen LogP contribution is -2.24. The minimum atomic E-state index is -0.434. The zero-order valence-electron chi connectivity index (χ0n) is 9.94. The fraction of sp³-hybridized carbons (Fsp3) is 0.400. The molecule has 6 nitrogen and oxygen atoms in total. The van der Waals surface area contributed by atoms with Crippen LogP contribution in [-0.4, -0.2) is 37.1 Å². The SMILES string of the molecule is CNCC(=O)Nc1cc(C(=O)OC)n(C)c1.Cl. The Bertz CT molecular complexity index is 404. The fourth-order valence-electron chi connectivity index (χ4n) is 1.31. The van der Waals surface area contributed by atoms with Crippen molar-refractivity contribution in [1.29, 1.82) is 0 Å². The average molecular weight is 262 g/mol. The topological polar surface area (TPSA) is 72.4 Å². The van der Waals surface area contributed by atoms with Crippen LogP contribution in [0.15, 0.2) is 12.3 Å². The summed E-state index contributed by atoms with van der Waals surface area (Å²) in [6, 6.07) is 1.57. The highest BCUT2D eigenvalue weighted by Gasteiger charge is 2.12. The lowest BCUT2D eigenvalue weighted by atomic mass is 10.4. The molecule has 1 rings (SSSR count). The summed E-state index contributed by atoms with van der Waals surface area (Å²) < 4.78 is 6.20. The molecule has 0 aromatic carbocycles. The van der Waals surface area contributed by atoms with E-state index in [1.54, 1.807) is 30.9 Å². The minimum Gasteiger partial charge on any atom is -0.464 e. The summed E-state index contributed by atoms with van der Waals surface area (Å²) >= 11 is 0. The standard InChI is InChI=1S/C10H15N3O3.ClH/c1-11-5-9(14)12-7-4-8(10(15)16-3)13(2)6-7;/h4,6,11H,5H2,1-3H3,(H,12,14);1H. The molecule has 0 aliphatic carbocycles. The van der Waals surface area contributed by atoms with Crippen LogP contribution in [-0.2, 0) is 16.6 Å². The second-order valence-corrected chi connectivity index (χ2v) is 3.30. The molecule has 0 bridgehead atoms. The number of carbonyl (C=O) groups is 2. The van der Waals surface area contributed by atoms with Gasteiger partial charge in [-0.1, -0.05) is 0 Å². The second-order valence-electron chi connectivity index (χ2n) is 3.30. The van der Waals surface area contributed by atoms with Crippen molar-refractivity contribution < 1.29 is 14.3 Å². The van der Waals surface area contributed by atoms with Gasteiger partial charge in [0, 0.05) is 13.2 Å².